The Kier molecular flexibility index (Phi) is 7.76. The summed E-state index contributed by atoms with van der Waals surface area (Å²) in [6.07, 6.45) is 0. The van der Waals surface area contributed by atoms with Crippen LogP contribution in [0.1, 0.15) is 21.5 Å². The van der Waals surface area contributed by atoms with E-state index in [1.54, 1.807) is 54.6 Å². The molecule has 33 heavy (non-hydrogen) atoms. The molecule has 0 bridgehead atoms. The highest BCUT2D eigenvalue weighted by atomic mass is 35.5. The van der Waals surface area contributed by atoms with Crippen LogP contribution in [-0.2, 0) is 11.3 Å². The molecule has 3 aromatic rings. The van der Waals surface area contributed by atoms with Gasteiger partial charge in [0.1, 0.15) is 11.6 Å². The van der Waals surface area contributed by atoms with Crippen molar-refractivity contribution in [2.24, 2.45) is 5.73 Å². The predicted octanol–water partition coefficient (Wildman–Crippen LogP) is 4.61. The van der Waals surface area contributed by atoms with Crippen molar-refractivity contribution in [3.63, 3.8) is 0 Å². The van der Waals surface area contributed by atoms with Crippen LogP contribution in [-0.4, -0.2) is 29.4 Å². The zero-order valence-corrected chi connectivity index (χ0v) is 18.7. The molecule has 0 spiro atoms. The van der Waals surface area contributed by atoms with E-state index in [1.807, 2.05) is 0 Å². The lowest BCUT2D eigenvalue weighted by Gasteiger charge is -2.16. The van der Waals surface area contributed by atoms with Crippen LogP contribution in [0.4, 0.5) is 11.4 Å². The highest BCUT2D eigenvalue weighted by molar-refractivity contribution is 6.32. The third-order valence-electron chi connectivity index (χ3n) is 4.54. The summed E-state index contributed by atoms with van der Waals surface area (Å²) in [5, 5.41) is 22.9. The van der Waals surface area contributed by atoms with E-state index in [0.717, 1.165) is 0 Å². The number of amides is 1. The number of hydrogen-bond acceptors (Lipinski definition) is 5. The molecule has 0 aliphatic carbocycles. The van der Waals surface area contributed by atoms with Crippen molar-refractivity contribution < 1.29 is 19.4 Å². The molecule has 0 saturated heterocycles. The fourth-order valence-electron chi connectivity index (χ4n) is 2.97. The Morgan fingerprint density at radius 1 is 1.06 bits per heavy atom. The van der Waals surface area contributed by atoms with Crippen LogP contribution < -0.4 is 21.1 Å². The second-order valence-electron chi connectivity index (χ2n) is 6.90. The highest BCUT2D eigenvalue weighted by Crippen LogP contribution is 2.30. The topological polar surface area (TPSA) is 138 Å². The number of carbonyl (C=O) groups excluding carboxylic acids is 1. The lowest BCUT2D eigenvalue weighted by molar-refractivity contribution is -0.139. The van der Waals surface area contributed by atoms with Gasteiger partial charge in [0.15, 0.2) is 6.61 Å². The fourth-order valence-corrected chi connectivity index (χ4v) is 3.39. The van der Waals surface area contributed by atoms with Crippen molar-refractivity contribution in [3.05, 3.63) is 87.4 Å². The van der Waals surface area contributed by atoms with Gasteiger partial charge in [0, 0.05) is 34.1 Å². The van der Waals surface area contributed by atoms with E-state index in [4.69, 9.17) is 44.2 Å². The molecule has 0 saturated carbocycles. The van der Waals surface area contributed by atoms with Crippen molar-refractivity contribution in [2.45, 2.75) is 6.54 Å². The standard InChI is InChI=1S/C23H20Cl2N4O4/c24-15-6-9-19(28-11-14-2-1-3-18(25)21(14)33-12-20(30)31)17(10-15)23(32)29-16-7-4-13(5-8-16)22(26)27/h1-10,28H,11-12H2,(H3,26,27)(H,29,32)(H,30,31). The molecule has 0 fully saturated rings. The summed E-state index contributed by atoms with van der Waals surface area (Å²) in [6, 6.07) is 16.4. The van der Waals surface area contributed by atoms with Crippen molar-refractivity contribution in [1.29, 1.82) is 5.41 Å². The van der Waals surface area contributed by atoms with E-state index in [2.05, 4.69) is 10.6 Å². The second-order valence-corrected chi connectivity index (χ2v) is 7.74. The van der Waals surface area contributed by atoms with E-state index < -0.39 is 18.5 Å². The Labute approximate surface area is 199 Å². The molecule has 1 amide bonds. The van der Waals surface area contributed by atoms with Crippen LogP contribution in [0.5, 0.6) is 5.75 Å². The van der Waals surface area contributed by atoms with Gasteiger partial charge in [-0.3, -0.25) is 10.2 Å². The fraction of sp³-hybridized carbons (Fsp3) is 0.0870. The lowest BCUT2D eigenvalue weighted by atomic mass is 10.1. The van der Waals surface area contributed by atoms with Gasteiger partial charge >= 0.3 is 5.97 Å². The summed E-state index contributed by atoms with van der Waals surface area (Å²) in [6.45, 7) is -0.321. The van der Waals surface area contributed by atoms with Gasteiger partial charge in [0.25, 0.3) is 5.91 Å². The van der Waals surface area contributed by atoms with Crippen LogP contribution in [0, 0.1) is 5.41 Å². The Bertz CT molecular complexity index is 1200. The molecular formula is C23H20Cl2N4O4. The van der Waals surface area contributed by atoms with Gasteiger partial charge in [-0.05, 0) is 48.5 Å². The molecular weight excluding hydrogens is 467 g/mol. The number of nitrogens with two attached hydrogens (primary N) is 1. The first-order chi connectivity index (χ1) is 15.7. The maximum absolute atomic E-state index is 12.9. The van der Waals surface area contributed by atoms with Crippen molar-refractivity contribution in [1.82, 2.24) is 0 Å². The maximum Gasteiger partial charge on any atom is 0.341 e. The van der Waals surface area contributed by atoms with E-state index in [0.29, 0.717) is 33.1 Å². The first kappa shape index (κ1) is 23.9. The normalized spacial score (nSPS) is 10.4. The largest absolute Gasteiger partial charge is 0.480 e. The quantitative estimate of drug-likeness (QED) is 0.221. The third kappa shape index (κ3) is 6.38. The number of anilines is 2. The molecule has 0 unspecified atom stereocenters. The highest BCUT2D eigenvalue weighted by Gasteiger charge is 2.15. The molecule has 170 valence electrons. The Morgan fingerprint density at radius 2 is 1.79 bits per heavy atom. The zero-order chi connectivity index (χ0) is 24.0. The molecule has 6 N–H and O–H groups in total. The molecule has 8 nitrogen and oxygen atoms in total. The molecule has 0 aromatic heterocycles. The number of aliphatic carboxylic acids is 1. The number of rotatable bonds is 9. The van der Waals surface area contributed by atoms with E-state index in [1.165, 1.54) is 6.07 Å². The number of carboxylic acid groups (broad SMARTS) is 1. The number of carboxylic acids is 1. The third-order valence-corrected chi connectivity index (χ3v) is 5.07. The number of nitrogens with one attached hydrogen (secondary N) is 3. The maximum atomic E-state index is 12.9. The summed E-state index contributed by atoms with van der Waals surface area (Å²) in [5.74, 6) is -1.34. The summed E-state index contributed by atoms with van der Waals surface area (Å²) in [4.78, 5) is 23.8. The van der Waals surface area contributed by atoms with Gasteiger partial charge in [-0.1, -0.05) is 35.3 Å². The Morgan fingerprint density at radius 3 is 2.45 bits per heavy atom. The van der Waals surface area contributed by atoms with E-state index >= 15 is 0 Å². The van der Waals surface area contributed by atoms with Crippen molar-refractivity contribution in [3.8, 4) is 5.75 Å². The second kappa shape index (κ2) is 10.7. The molecule has 0 aliphatic heterocycles. The minimum atomic E-state index is -1.12. The monoisotopic (exact) mass is 486 g/mol. The Balaban J connectivity index is 1.79. The van der Waals surface area contributed by atoms with Gasteiger partial charge < -0.3 is 26.2 Å². The van der Waals surface area contributed by atoms with Crippen molar-refractivity contribution >= 4 is 52.3 Å². The molecule has 3 aromatic carbocycles. The number of para-hydroxylation sites is 1. The number of halogens is 2. The first-order valence-electron chi connectivity index (χ1n) is 9.66. The number of amidine groups is 1. The number of carbonyl (C=O) groups is 2. The molecule has 10 heteroatoms. The van der Waals surface area contributed by atoms with Gasteiger partial charge in [-0.25, -0.2) is 4.79 Å². The minimum absolute atomic E-state index is 0.0677. The lowest BCUT2D eigenvalue weighted by Crippen LogP contribution is -2.16. The summed E-state index contributed by atoms with van der Waals surface area (Å²) >= 11 is 12.3. The SMILES string of the molecule is N=C(N)c1ccc(NC(=O)c2cc(Cl)ccc2NCc2cccc(Cl)c2OCC(=O)O)cc1. The molecule has 0 heterocycles. The zero-order valence-electron chi connectivity index (χ0n) is 17.2. The summed E-state index contributed by atoms with van der Waals surface area (Å²) in [7, 11) is 0. The smallest absolute Gasteiger partial charge is 0.341 e. The predicted molar refractivity (Wildman–Crippen MR) is 129 cm³/mol. The van der Waals surface area contributed by atoms with Crippen LogP contribution in [0.2, 0.25) is 10.0 Å². The molecule has 0 atom stereocenters. The van der Waals surface area contributed by atoms with E-state index in [9.17, 15) is 9.59 Å². The number of hydrogen-bond donors (Lipinski definition) is 5. The summed E-state index contributed by atoms with van der Waals surface area (Å²) in [5.41, 5.74) is 7.94. The first-order valence-corrected chi connectivity index (χ1v) is 10.4. The van der Waals surface area contributed by atoms with Gasteiger partial charge in [-0.15, -0.1) is 0 Å². The van der Waals surface area contributed by atoms with Crippen LogP contribution >= 0.6 is 23.2 Å². The van der Waals surface area contributed by atoms with Crippen molar-refractivity contribution in [2.75, 3.05) is 17.2 Å². The Hall–Kier alpha value is -3.75. The molecule has 3 rings (SSSR count). The van der Waals surface area contributed by atoms with Gasteiger partial charge in [-0.2, -0.15) is 0 Å². The number of benzene rings is 3. The molecule has 0 radical (unpaired) electrons. The van der Waals surface area contributed by atoms with Gasteiger partial charge in [0.05, 0.1) is 10.6 Å². The molecule has 0 aliphatic rings. The van der Waals surface area contributed by atoms with Gasteiger partial charge in [0.2, 0.25) is 0 Å². The summed E-state index contributed by atoms with van der Waals surface area (Å²) < 4.78 is 5.32. The average Bonchev–Trinajstić information content (AvgIpc) is 2.77. The van der Waals surface area contributed by atoms with Crippen LogP contribution in [0.3, 0.4) is 0 Å². The van der Waals surface area contributed by atoms with Crippen LogP contribution in [0.15, 0.2) is 60.7 Å². The minimum Gasteiger partial charge on any atom is -0.480 e. The number of ether oxygens (including phenoxy) is 1. The van der Waals surface area contributed by atoms with Crippen LogP contribution in [0.25, 0.3) is 0 Å². The number of nitrogen functional groups attached to an aromatic ring is 1. The van der Waals surface area contributed by atoms with E-state index in [-0.39, 0.29) is 23.2 Å². The average molecular weight is 487 g/mol.